The van der Waals surface area contributed by atoms with Gasteiger partial charge < -0.3 is 11.5 Å². The summed E-state index contributed by atoms with van der Waals surface area (Å²) in [7, 11) is 0. The van der Waals surface area contributed by atoms with Crippen molar-refractivity contribution in [2.75, 3.05) is 6.54 Å². The number of carbonyl (C=O) groups is 1. The molecule has 1 aliphatic heterocycles. The zero-order chi connectivity index (χ0) is 13.8. The normalized spacial score (nSPS) is 24.3. The van der Waals surface area contributed by atoms with Gasteiger partial charge in [-0.1, -0.05) is 24.3 Å². The standard InChI is InChI=1S/C15H23N3O/c1-11-5-6-14(15(17)19)10-18(11)9-13-4-2-3-12(7-13)8-16/h2-4,7,11,14H,5-6,8-10,16H2,1H3,(H2,17,19). The summed E-state index contributed by atoms with van der Waals surface area (Å²) < 4.78 is 0. The lowest BCUT2D eigenvalue weighted by Crippen LogP contribution is -2.45. The van der Waals surface area contributed by atoms with E-state index in [2.05, 4.69) is 24.0 Å². The van der Waals surface area contributed by atoms with Crippen LogP contribution in [0.4, 0.5) is 0 Å². The number of rotatable bonds is 4. The first kappa shape index (κ1) is 14.0. The molecule has 1 fully saturated rings. The van der Waals surface area contributed by atoms with Gasteiger partial charge >= 0.3 is 0 Å². The minimum Gasteiger partial charge on any atom is -0.369 e. The molecule has 19 heavy (non-hydrogen) atoms. The van der Waals surface area contributed by atoms with Gasteiger partial charge in [0.25, 0.3) is 0 Å². The van der Waals surface area contributed by atoms with Crippen molar-refractivity contribution in [1.82, 2.24) is 4.90 Å². The molecule has 4 heteroatoms. The van der Waals surface area contributed by atoms with Gasteiger partial charge in [0.1, 0.15) is 0 Å². The van der Waals surface area contributed by atoms with Crippen LogP contribution in [0.2, 0.25) is 0 Å². The smallest absolute Gasteiger partial charge is 0.221 e. The molecule has 1 aliphatic rings. The van der Waals surface area contributed by atoms with Crippen molar-refractivity contribution in [3.63, 3.8) is 0 Å². The van der Waals surface area contributed by atoms with Crippen molar-refractivity contribution in [3.05, 3.63) is 35.4 Å². The SMILES string of the molecule is CC1CCC(C(N)=O)CN1Cc1cccc(CN)c1. The summed E-state index contributed by atoms with van der Waals surface area (Å²) in [4.78, 5) is 13.7. The van der Waals surface area contributed by atoms with Crippen LogP contribution in [-0.4, -0.2) is 23.4 Å². The Morgan fingerprint density at radius 3 is 2.79 bits per heavy atom. The summed E-state index contributed by atoms with van der Waals surface area (Å²) in [6.45, 7) is 4.40. The van der Waals surface area contributed by atoms with Crippen LogP contribution in [0.5, 0.6) is 0 Å². The molecule has 1 saturated heterocycles. The molecule has 0 radical (unpaired) electrons. The fraction of sp³-hybridized carbons (Fsp3) is 0.533. The van der Waals surface area contributed by atoms with Gasteiger partial charge in [-0.15, -0.1) is 0 Å². The second kappa shape index (κ2) is 6.17. The first-order valence-corrected chi connectivity index (χ1v) is 6.91. The van der Waals surface area contributed by atoms with Crippen molar-refractivity contribution < 1.29 is 4.79 Å². The maximum absolute atomic E-state index is 11.3. The van der Waals surface area contributed by atoms with Gasteiger partial charge in [0, 0.05) is 25.7 Å². The number of primary amides is 1. The Bertz CT molecular complexity index is 447. The first-order valence-electron chi connectivity index (χ1n) is 6.91. The minimum absolute atomic E-state index is 0.00566. The summed E-state index contributed by atoms with van der Waals surface area (Å²) in [6, 6.07) is 8.82. The molecule has 2 unspecified atom stereocenters. The summed E-state index contributed by atoms with van der Waals surface area (Å²) in [5, 5.41) is 0. The molecule has 4 N–H and O–H groups in total. The van der Waals surface area contributed by atoms with Crippen LogP contribution in [0.15, 0.2) is 24.3 Å². The van der Waals surface area contributed by atoms with Crippen LogP contribution >= 0.6 is 0 Å². The van der Waals surface area contributed by atoms with Gasteiger partial charge in [0.05, 0.1) is 5.92 Å². The second-order valence-electron chi connectivity index (χ2n) is 5.48. The molecule has 0 aromatic heterocycles. The Balaban J connectivity index is 2.05. The van der Waals surface area contributed by atoms with Crippen LogP contribution in [0.1, 0.15) is 30.9 Å². The average molecular weight is 261 g/mol. The van der Waals surface area contributed by atoms with Crippen LogP contribution in [0.3, 0.4) is 0 Å². The molecule has 0 saturated carbocycles. The van der Waals surface area contributed by atoms with Crippen LogP contribution in [0, 0.1) is 5.92 Å². The molecule has 104 valence electrons. The highest BCUT2D eigenvalue weighted by atomic mass is 16.1. The Hall–Kier alpha value is -1.39. The number of hydrogen-bond acceptors (Lipinski definition) is 3. The lowest BCUT2D eigenvalue weighted by molar-refractivity contribution is -0.124. The number of nitrogens with two attached hydrogens (primary N) is 2. The van der Waals surface area contributed by atoms with E-state index in [9.17, 15) is 4.79 Å². The Labute approximate surface area is 114 Å². The maximum atomic E-state index is 11.3. The van der Waals surface area contributed by atoms with E-state index < -0.39 is 0 Å². The molecule has 4 nitrogen and oxygen atoms in total. The molecular weight excluding hydrogens is 238 g/mol. The van der Waals surface area contributed by atoms with Gasteiger partial charge in [-0.05, 0) is 30.9 Å². The molecule has 2 rings (SSSR count). The number of likely N-dealkylation sites (tertiary alicyclic amines) is 1. The van der Waals surface area contributed by atoms with Gasteiger partial charge in [-0.25, -0.2) is 0 Å². The van der Waals surface area contributed by atoms with E-state index in [4.69, 9.17) is 11.5 Å². The number of piperidine rings is 1. The fourth-order valence-electron chi connectivity index (χ4n) is 2.72. The molecular formula is C15H23N3O. The zero-order valence-corrected chi connectivity index (χ0v) is 11.5. The third-order valence-electron chi connectivity index (χ3n) is 4.03. The van der Waals surface area contributed by atoms with Crippen LogP contribution in [0.25, 0.3) is 0 Å². The zero-order valence-electron chi connectivity index (χ0n) is 11.5. The molecule has 1 aromatic carbocycles. The highest BCUT2D eigenvalue weighted by Crippen LogP contribution is 2.23. The highest BCUT2D eigenvalue weighted by Gasteiger charge is 2.28. The van der Waals surface area contributed by atoms with Crippen LogP contribution < -0.4 is 11.5 Å². The average Bonchev–Trinajstić information content (AvgIpc) is 2.41. The largest absolute Gasteiger partial charge is 0.369 e. The van der Waals surface area contributed by atoms with E-state index in [1.54, 1.807) is 0 Å². The molecule has 1 heterocycles. The summed E-state index contributed by atoms with van der Waals surface area (Å²) in [5.74, 6) is -0.179. The fourth-order valence-corrected chi connectivity index (χ4v) is 2.72. The maximum Gasteiger partial charge on any atom is 0.221 e. The van der Waals surface area contributed by atoms with Crippen molar-refractivity contribution in [1.29, 1.82) is 0 Å². The van der Waals surface area contributed by atoms with E-state index in [0.29, 0.717) is 12.6 Å². The van der Waals surface area contributed by atoms with E-state index in [1.807, 2.05) is 12.1 Å². The van der Waals surface area contributed by atoms with Crippen molar-refractivity contribution >= 4 is 5.91 Å². The first-order chi connectivity index (χ1) is 9.10. The lowest BCUT2D eigenvalue weighted by Gasteiger charge is -2.36. The van der Waals surface area contributed by atoms with Crippen molar-refractivity contribution in [2.45, 2.75) is 38.9 Å². The van der Waals surface area contributed by atoms with E-state index in [1.165, 1.54) is 5.56 Å². The van der Waals surface area contributed by atoms with Crippen LogP contribution in [-0.2, 0) is 17.9 Å². The minimum atomic E-state index is -0.174. The number of carbonyl (C=O) groups excluding carboxylic acids is 1. The van der Waals surface area contributed by atoms with Gasteiger partial charge in [0.2, 0.25) is 5.91 Å². The van der Waals surface area contributed by atoms with Gasteiger partial charge in [0.15, 0.2) is 0 Å². The van der Waals surface area contributed by atoms with E-state index in [-0.39, 0.29) is 11.8 Å². The Morgan fingerprint density at radius 2 is 2.11 bits per heavy atom. The summed E-state index contributed by atoms with van der Waals surface area (Å²) in [5.41, 5.74) is 13.5. The molecule has 1 amide bonds. The monoisotopic (exact) mass is 261 g/mol. The van der Waals surface area contributed by atoms with Gasteiger partial charge in [-0.2, -0.15) is 0 Å². The van der Waals surface area contributed by atoms with Crippen molar-refractivity contribution in [2.24, 2.45) is 17.4 Å². The summed E-state index contributed by atoms with van der Waals surface area (Å²) >= 11 is 0. The molecule has 1 aromatic rings. The molecule has 0 aliphatic carbocycles. The third-order valence-corrected chi connectivity index (χ3v) is 4.03. The number of nitrogens with zero attached hydrogens (tertiary/aromatic N) is 1. The number of benzene rings is 1. The Kier molecular flexibility index (Phi) is 4.56. The Morgan fingerprint density at radius 1 is 1.37 bits per heavy atom. The quantitative estimate of drug-likeness (QED) is 0.856. The van der Waals surface area contributed by atoms with E-state index >= 15 is 0 Å². The topological polar surface area (TPSA) is 72.4 Å². The molecule has 0 bridgehead atoms. The highest BCUT2D eigenvalue weighted by molar-refractivity contribution is 5.76. The number of amides is 1. The summed E-state index contributed by atoms with van der Waals surface area (Å²) in [6.07, 6.45) is 1.94. The number of hydrogen-bond donors (Lipinski definition) is 2. The molecule has 0 spiro atoms. The third kappa shape index (κ3) is 3.55. The van der Waals surface area contributed by atoms with E-state index in [0.717, 1.165) is 31.5 Å². The second-order valence-corrected chi connectivity index (χ2v) is 5.48. The van der Waals surface area contributed by atoms with Crippen molar-refractivity contribution in [3.8, 4) is 0 Å². The predicted octanol–water partition coefficient (Wildman–Crippen LogP) is 1.23. The predicted molar refractivity (Wildman–Crippen MR) is 76.1 cm³/mol. The molecule has 2 atom stereocenters. The lowest BCUT2D eigenvalue weighted by atomic mass is 9.92. The van der Waals surface area contributed by atoms with Gasteiger partial charge in [-0.3, -0.25) is 9.69 Å².